The number of aromatic nitrogens is 1. The quantitative estimate of drug-likeness (QED) is 0.895. The molecule has 2 N–H and O–H groups in total. The Kier molecular flexibility index (Phi) is 3.12. The molecule has 3 atom stereocenters. The van der Waals surface area contributed by atoms with Crippen LogP contribution in [0.15, 0.2) is 6.20 Å². The van der Waals surface area contributed by atoms with E-state index in [0.29, 0.717) is 6.04 Å². The van der Waals surface area contributed by atoms with Gasteiger partial charge in [0.2, 0.25) is 0 Å². The molecule has 0 spiro atoms. The van der Waals surface area contributed by atoms with E-state index in [-0.39, 0.29) is 5.69 Å². The highest BCUT2D eigenvalue weighted by atomic mass is 16.4. The van der Waals surface area contributed by atoms with Crippen molar-refractivity contribution < 1.29 is 9.90 Å². The number of carboxylic acids is 1. The van der Waals surface area contributed by atoms with E-state index in [9.17, 15) is 9.90 Å². The van der Waals surface area contributed by atoms with Crippen LogP contribution >= 0.6 is 0 Å². The molecule has 2 bridgehead atoms. The molecule has 0 aromatic carbocycles. The summed E-state index contributed by atoms with van der Waals surface area (Å²) in [6, 6.07) is 0.576. The number of nitrogens with one attached hydrogen (secondary N) is 1. The Labute approximate surface area is 125 Å². The van der Waals surface area contributed by atoms with Crippen LogP contribution in [-0.4, -0.2) is 22.1 Å². The summed E-state index contributed by atoms with van der Waals surface area (Å²) in [4.78, 5) is 15.6. The van der Waals surface area contributed by atoms with Gasteiger partial charge in [-0.05, 0) is 67.9 Å². The minimum absolute atomic E-state index is 0.267. The second-order valence-electron chi connectivity index (χ2n) is 6.92. The predicted octanol–water partition coefficient (Wildman–Crippen LogP) is 3.26. The number of hydrogen-bond acceptors (Lipinski definition) is 3. The van der Waals surface area contributed by atoms with Crippen LogP contribution in [0.25, 0.3) is 0 Å². The minimum atomic E-state index is -0.889. The summed E-state index contributed by atoms with van der Waals surface area (Å²) in [5, 5.41) is 13.0. The molecule has 112 valence electrons. The first-order valence-electron chi connectivity index (χ1n) is 8.23. The summed E-state index contributed by atoms with van der Waals surface area (Å²) >= 11 is 0. The summed E-state index contributed by atoms with van der Waals surface area (Å²) in [7, 11) is 0. The average Bonchev–Trinajstić information content (AvgIpc) is 3.10. The lowest BCUT2D eigenvalue weighted by molar-refractivity contribution is 0.0689. The molecule has 21 heavy (non-hydrogen) atoms. The molecule has 0 unspecified atom stereocenters. The molecular formula is C17H22N2O2. The lowest BCUT2D eigenvalue weighted by Crippen LogP contribution is -2.27. The van der Waals surface area contributed by atoms with Gasteiger partial charge in [-0.25, -0.2) is 9.78 Å². The summed E-state index contributed by atoms with van der Waals surface area (Å²) in [6.45, 7) is 0. The van der Waals surface area contributed by atoms with E-state index in [1.165, 1.54) is 31.2 Å². The number of hydrogen-bond donors (Lipinski definition) is 2. The highest BCUT2D eigenvalue weighted by molar-refractivity contribution is 5.88. The molecule has 2 fully saturated rings. The largest absolute Gasteiger partial charge is 0.477 e. The maximum Gasteiger partial charge on any atom is 0.354 e. The van der Waals surface area contributed by atoms with E-state index in [0.717, 1.165) is 48.8 Å². The van der Waals surface area contributed by atoms with Crippen molar-refractivity contribution in [3.05, 3.63) is 23.0 Å². The molecule has 1 heterocycles. The van der Waals surface area contributed by atoms with Gasteiger partial charge in [0.15, 0.2) is 5.69 Å². The third kappa shape index (κ3) is 2.21. The molecule has 0 saturated heterocycles. The number of nitrogens with zero attached hydrogens (tertiary/aromatic N) is 1. The number of rotatable bonds is 3. The Morgan fingerprint density at radius 1 is 1.19 bits per heavy atom. The monoisotopic (exact) mass is 286 g/mol. The van der Waals surface area contributed by atoms with Crippen LogP contribution in [0.3, 0.4) is 0 Å². The summed E-state index contributed by atoms with van der Waals surface area (Å²) < 4.78 is 0. The summed E-state index contributed by atoms with van der Waals surface area (Å²) in [6.07, 6.45) is 11.2. The molecule has 1 aromatic heterocycles. The molecule has 3 aliphatic rings. The SMILES string of the molecule is O=C(O)c1ncc(N[C@@H]2C[C@H]3CC[C@@H]2C3)c2c1CCCC2. The van der Waals surface area contributed by atoms with E-state index < -0.39 is 5.97 Å². The third-order valence-corrected chi connectivity index (χ3v) is 5.68. The lowest BCUT2D eigenvalue weighted by Gasteiger charge is -2.27. The molecule has 1 aromatic rings. The van der Waals surface area contributed by atoms with Crippen LogP contribution in [0.1, 0.15) is 60.1 Å². The van der Waals surface area contributed by atoms with E-state index in [1.807, 2.05) is 0 Å². The highest BCUT2D eigenvalue weighted by Crippen LogP contribution is 2.46. The molecule has 3 aliphatic carbocycles. The second-order valence-corrected chi connectivity index (χ2v) is 6.92. The van der Waals surface area contributed by atoms with Crippen molar-refractivity contribution in [2.75, 3.05) is 5.32 Å². The third-order valence-electron chi connectivity index (χ3n) is 5.68. The molecular weight excluding hydrogens is 264 g/mol. The topological polar surface area (TPSA) is 62.2 Å². The van der Waals surface area contributed by atoms with Crippen molar-refractivity contribution in [3.8, 4) is 0 Å². The van der Waals surface area contributed by atoms with Gasteiger partial charge in [0, 0.05) is 6.04 Å². The Hall–Kier alpha value is -1.58. The zero-order valence-corrected chi connectivity index (χ0v) is 12.3. The van der Waals surface area contributed by atoms with Crippen LogP contribution in [0.2, 0.25) is 0 Å². The molecule has 4 heteroatoms. The second kappa shape index (κ2) is 5.00. The van der Waals surface area contributed by atoms with Crippen molar-refractivity contribution in [1.29, 1.82) is 0 Å². The Balaban J connectivity index is 1.64. The molecule has 0 amide bonds. The van der Waals surface area contributed by atoms with Gasteiger partial charge in [0.05, 0.1) is 11.9 Å². The number of fused-ring (bicyclic) bond motifs is 3. The number of carbonyl (C=O) groups is 1. The van der Waals surface area contributed by atoms with Gasteiger partial charge in [-0.1, -0.05) is 6.42 Å². The Bertz CT molecular complexity index is 584. The molecule has 0 aliphatic heterocycles. The van der Waals surface area contributed by atoms with Crippen molar-refractivity contribution >= 4 is 11.7 Å². The van der Waals surface area contributed by atoms with Crippen LogP contribution in [0.5, 0.6) is 0 Å². The van der Waals surface area contributed by atoms with E-state index in [1.54, 1.807) is 6.20 Å². The van der Waals surface area contributed by atoms with E-state index in [2.05, 4.69) is 10.3 Å². The van der Waals surface area contributed by atoms with Gasteiger partial charge < -0.3 is 10.4 Å². The van der Waals surface area contributed by atoms with Gasteiger partial charge in [-0.2, -0.15) is 0 Å². The first-order valence-corrected chi connectivity index (χ1v) is 8.23. The van der Waals surface area contributed by atoms with Gasteiger partial charge in [-0.15, -0.1) is 0 Å². The summed E-state index contributed by atoms with van der Waals surface area (Å²) in [5.74, 6) is 0.836. The first kappa shape index (κ1) is 13.1. The van der Waals surface area contributed by atoms with Crippen molar-refractivity contribution in [3.63, 3.8) is 0 Å². The fourth-order valence-electron chi connectivity index (χ4n) is 4.68. The first-order chi connectivity index (χ1) is 10.2. The fraction of sp³-hybridized carbons (Fsp3) is 0.647. The summed E-state index contributed by atoms with van der Waals surface area (Å²) in [5.41, 5.74) is 3.56. The maximum atomic E-state index is 11.4. The van der Waals surface area contributed by atoms with Crippen LogP contribution in [0.4, 0.5) is 5.69 Å². The van der Waals surface area contributed by atoms with Crippen LogP contribution in [0, 0.1) is 11.8 Å². The van der Waals surface area contributed by atoms with Crippen molar-refractivity contribution in [1.82, 2.24) is 4.98 Å². The number of anilines is 1. The highest BCUT2D eigenvalue weighted by Gasteiger charge is 2.39. The average molecular weight is 286 g/mol. The standard InChI is InChI=1S/C17H22N2O2/c20-17(21)16-13-4-2-1-3-12(13)15(9-18-16)19-14-8-10-5-6-11(14)7-10/h9-11,14,19H,1-8H2,(H,20,21)/t10-,11+,14+/m0/s1. The van der Waals surface area contributed by atoms with Gasteiger partial charge in [-0.3, -0.25) is 0 Å². The molecule has 0 radical (unpaired) electrons. The molecule has 4 nitrogen and oxygen atoms in total. The van der Waals surface area contributed by atoms with E-state index >= 15 is 0 Å². The zero-order chi connectivity index (χ0) is 14.4. The molecule has 2 saturated carbocycles. The maximum absolute atomic E-state index is 11.4. The number of carboxylic acid groups (broad SMARTS) is 1. The van der Waals surface area contributed by atoms with Crippen LogP contribution < -0.4 is 5.32 Å². The normalized spacial score (nSPS) is 30.2. The number of pyridine rings is 1. The van der Waals surface area contributed by atoms with Gasteiger partial charge in [0.25, 0.3) is 0 Å². The fourth-order valence-corrected chi connectivity index (χ4v) is 4.68. The Morgan fingerprint density at radius 2 is 2.00 bits per heavy atom. The zero-order valence-electron chi connectivity index (χ0n) is 12.3. The van der Waals surface area contributed by atoms with Gasteiger partial charge >= 0.3 is 5.97 Å². The smallest absolute Gasteiger partial charge is 0.354 e. The predicted molar refractivity (Wildman–Crippen MR) is 80.7 cm³/mol. The Morgan fingerprint density at radius 3 is 2.67 bits per heavy atom. The van der Waals surface area contributed by atoms with Crippen LogP contribution in [-0.2, 0) is 12.8 Å². The molecule has 4 rings (SSSR count). The van der Waals surface area contributed by atoms with Crippen molar-refractivity contribution in [2.45, 2.75) is 57.4 Å². The van der Waals surface area contributed by atoms with E-state index in [4.69, 9.17) is 0 Å². The lowest BCUT2D eigenvalue weighted by atomic mass is 9.88. The van der Waals surface area contributed by atoms with Crippen molar-refractivity contribution in [2.24, 2.45) is 11.8 Å². The van der Waals surface area contributed by atoms with Gasteiger partial charge in [0.1, 0.15) is 0 Å². The number of aromatic carboxylic acids is 1. The minimum Gasteiger partial charge on any atom is -0.477 e.